The van der Waals surface area contributed by atoms with Crippen molar-refractivity contribution in [2.75, 3.05) is 36.5 Å². The molecule has 4 aromatic rings. The Morgan fingerprint density at radius 1 is 0.875 bits per heavy atom. The average Bonchev–Trinajstić information content (AvgIpc) is 3.38. The van der Waals surface area contributed by atoms with E-state index < -0.39 is 0 Å². The zero-order chi connectivity index (χ0) is 27.9. The molecular weight excluding hydrogens is 520 g/mol. The highest BCUT2D eigenvalue weighted by atomic mass is 35.5. The van der Waals surface area contributed by atoms with E-state index in [1.807, 2.05) is 60.7 Å². The summed E-state index contributed by atoms with van der Waals surface area (Å²) in [6, 6.07) is 28.0. The number of halogens is 1. The quantitative estimate of drug-likeness (QED) is 0.188. The Labute approximate surface area is 241 Å². The molecule has 0 radical (unpaired) electrons. The van der Waals surface area contributed by atoms with Gasteiger partial charge in [-0.1, -0.05) is 37.6 Å². The van der Waals surface area contributed by atoms with Gasteiger partial charge in [0.15, 0.2) is 0 Å². The minimum Gasteiger partial charge on any atom is -0.492 e. The molecule has 1 unspecified atom stereocenters. The van der Waals surface area contributed by atoms with Crippen molar-refractivity contribution in [3.8, 4) is 17.2 Å². The molecule has 0 saturated carbocycles. The van der Waals surface area contributed by atoms with Gasteiger partial charge in [0.2, 0.25) is 0 Å². The Bertz CT molecular complexity index is 1390. The van der Waals surface area contributed by atoms with Gasteiger partial charge in [-0.05, 0) is 84.3 Å². The number of aromatic nitrogens is 1. The third-order valence-electron chi connectivity index (χ3n) is 6.82. The number of anilines is 2. The van der Waals surface area contributed by atoms with Crippen LogP contribution in [-0.4, -0.2) is 37.6 Å². The Balaban J connectivity index is 1.21. The van der Waals surface area contributed by atoms with Gasteiger partial charge in [0, 0.05) is 42.3 Å². The van der Waals surface area contributed by atoms with E-state index in [2.05, 4.69) is 59.9 Å². The van der Waals surface area contributed by atoms with Crippen molar-refractivity contribution in [3.05, 3.63) is 108 Å². The maximum atomic E-state index is 6.02. The third-order valence-corrected chi connectivity index (χ3v) is 7.08. The summed E-state index contributed by atoms with van der Waals surface area (Å²) in [5.74, 6) is 4.03. The van der Waals surface area contributed by atoms with Gasteiger partial charge < -0.3 is 19.3 Å². The second-order valence-electron chi connectivity index (χ2n) is 10.4. The summed E-state index contributed by atoms with van der Waals surface area (Å²) in [4.78, 5) is 13.7. The predicted octanol–water partition coefficient (Wildman–Crippen LogP) is 8.05. The van der Waals surface area contributed by atoms with E-state index >= 15 is 0 Å². The van der Waals surface area contributed by atoms with Crippen molar-refractivity contribution < 1.29 is 9.47 Å². The number of hydrogen-bond acceptors (Lipinski definition) is 6. The highest BCUT2D eigenvalue weighted by molar-refractivity contribution is 6.30. The largest absolute Gasteiger partial charge is 0.492 e. The summed E-state index contributed by atoms with van der Waals surface area (Å²) in [7, 11) is 2.06. The lowest BCUT2D eigenvalue weighted by Crippen LogP contribution is -2.28. The molecule has 1 atom stereocenters. The van der Waals surface area contributed by atoms with Crippen LogP contribution in [0.25, 0.3) is 0 Å². The van der Waals surface area contributed by atoms with Crippen molar-refractivity contribution in [3.63, 3.8) is 0 Å². The van der Waals surface area contributed by atoms with Gasteiger partial charge in [0.1, 0.15) is 29.7 Å². The molecule has 0 N–H and O–H groups in total. The number of pyridine rings is 1. The molecule has 7 heteroatoms. The summed E-state index contributed by atoms with van der Waals surface area (Å²) in [6.07, 6.45) is 4.53. The molecule has 0 fully saturated rings. The van der Waals surface area contributed by atoms with E-state index in [1.165, 1.54) is 5.56 Å². The lowest BCUT2D eigenvalue weighted by Gasteiger charge is -2.22. The topological polar surface area (TPSA) is 50.2 Å². The maximum Gasteiger partial charge on any atom is 0.127 e. The maximum absolute atomic E-state index is 6.02. The van der Waals surface area contributed by atoms with E-state index in [0.29, 0.717) is 17.5 Å². The number of ether oxygens (including phenoxy) is 2. The van der Waals surface area contributed by atoms with Crippen LogP contribution in [0.2, 0.25) is 5.02 Å². The van der Waals surface area contributed by atoms with Gasteiger partial charge in [0.05, 0.1) is 19.1 Å². The number of rotatable bonds is 11. The Morgan fingerprint density at radius 2 is 1.50 bits per heavy atom. The van der Waals surface area contributed by atoms with Crippen LogP contribution < -0.4 is 19.3 Å². The molecule has 206 valence electrons. The molecule has 0 bridgehead atoms. The monoisotopic (exact) mass is 554 g/mol. The van der Waals surface area contributed by atoms with E-state index in [1.54, 1.807) is 12.4 Å². The first-order chi connectivity index (χ1) is 19.4. The SMILES string of the molecule is CC(C)CC1=NC(c2ccc(OCCN(C)c3ccncc3)cc2)CN1c1ccc(Oc2ccc(Cl)cc2)cc1. The minimum atomic E-state index is 0.0746. The molecule has 2 heterocycles. The van der Waals surface area contributed by atoms with Crippen molar-refractivity contribution in [2.24, 2.45) is 10.9 Å². The highest BCUT2D eigenvalue weighted by Gasteiger charge is 2.28. The van der Waals surface area contributed by atoms with E-state index in [-0.39, 0.29) is 6.04 Å². The van der Waals surface area contributed by atoms with Crippen LogP contribution in [0.3, 0.4) is 0 Å². The van der Waals surface area contributed by atoms with E-state index in [9.17, 15) is 0 Å². The fraction of sp³-hybridized carbons (Fsp3) is 0.273. The summed E-state index contributed by atoms with van der Waals surface area (Å²) in [5, 5.41) is 0.690. The number of likely N-dealkylation sites (N-methyl/N-ethyl adjacent to an activating group) is 1. The molecule has 40 heavy (non-hydrogen) atoms. The second-order valence-corrected chi connectivity index (χ2v) is 10.8. The van der Waals surface area contributed by atoms with Crippen LogP contribution in [0.1, 0.15) is 31.9 Å². The first-order valence-corrected chi connectivity index (χ1v) is 14.0. The first-order valence-electron chi connectivity index (χ1n) is 13.7. The smallest absolute Gasteiger partial charge is 0.127 e. The molecule has 0 amide bonds. The summed E-state index contributed by atoms with van der Waals surface area (Å²) in [6.45, 7) is 6.65. The Kier molecular flexibility index (Phi) is 8.87. The van der Waals surface area contributed by atoms with Gasteiger partial charge >= 0.3 is 0 Å². The van der Waals surface area contributed by atoms with E-state index in [0.717, 1.165) is 54.0 Å². The molecule has 6 nitrogen and oxygen atoms in total. The number of benzene rings is 3. The van der Waals surface area contributed by atoms with Crippen LogP contribution in [-0.2, 0) is 0 Å². The van der Waals surface area contributed by atoms with Gasteiger partial charge in [-0.2, -0.15) is 0 Å². The molecule has 0 aliphatic carbocycles. The van der Waals surface area contributed by atoms with E-state index in [4.69, 9.17) is 26.1 Å². The van der Waals surface area contributed by atoms with Gasteiger partial charge in [-0.3, -0.25) is 9.98 Å². The number of aliphatic imine (C=N–C) groups is 1. The van der Waals surface area contributed by atoms with Gasteiger partial charge in [-0.25, -0.2) is 0 Å². The number of amidine groups is 1. The molecular formula is C33H35ClN4O2. The van der Waals surface area contributed by atoms with Crippen LogP contribution in [0.5, 0.6) is 17.2 Å². The molecule has 0 saturated heterocycles. The molecule has 1 aliphatic rings. The minimum absolute atomic E-state index is 0.0746. The predicted molar refractivity (Wildman–Crippen MR) is 164 cm³/mol. The first kappa shape index (κ1) is 27.5. The summed E-state index contributed by atoms with van der Waals surface area (Å²) in [5.41, 5.74) is 3.43. The fourth-order valence-electron chi connectivity index (χ4n) is 4.68. The zero-order valence-electron chi connectivity index (χ0n) is 23.2. The fourth-order valence-corrected chi connectivity index (χ4v) is 4.80. The van der Waals surface area contributed by atoms with Crippen LogP contribution >= 0.6 is 11.6 Å². The molecule has 0 spiro atoms. The van der Waals surface area contributed by atoms with Crippen molar-refractivity contribution >= 4 is 28.8 Å². The van der Waals surface area contributed by atoms with Crippen molar-refractivity contribution in [2.45, 2.75) is 26.3 Å². The molecule has 1 aromatic heterocycles. The van der Waals surface area contributed by atoms with Crippen LogP contribution in [0.15, 0.2) is 102 Å². The van der Waals surface area contributed by atoms with Crippen molar-refractivity contribution in [1.82, 2.24) is 4.98 Å². The Hall–Kier alpha value is -4.03. The van der Waals surface area contributed by atoms with Crippen LogP contribution in [0, 0.1) is 5.92 Å². The highest BCUT2D eigenvalue weighted by Crippen LogP contribution is 2.33. The lowest BCUT2D eigenvalue weighted by molar-refractivity contribution is 0.326. The van der Waals surface area contributed by atoms with Crippen molar-refractivity contribution in [1.29, 1.82) is 0 Å². The summed E-state index contributed by atoms with van der Waals surface area (Å²) >= 11 is 5.99. The van der Waals surface area contributed by atoms with Gasteiger partial charge in [-0.15, -0.1) is 0 Å². The lowest BCUT2D eigenvalue weighted by atomic mass is 10.1. The normalized spacial score (nSPS) is 14.8. The number of hydrogen-bond donors (Lipinski definition) is 0. The zero-order valence-corrected chi connectivity index (χ0v) is 24.0. The third kappa shape index (κ3) is 7.13. The average molecular weight is 555 g/mol. The molecule has 1 aliphatic heterocycles. The Morgan fingerprint density at radius 3 is 2.15 bits per heavy atom. The molecule has 5 rings (SSSR count). The van der Waals surface area contributed by atoms with Gasteiger partial charge in [0.25, 0.3) is 0 Å². The van der Waals surface area contributed by atoms with Crippen LogP contribution in [0.4, 0.5) is 11.4 Å². The second kappa shape index (κ2) is 12.9. The molecule has 3 aromatic carbocycles. The number of nitrogens with zero attached hydrogens (tertiary/aromatic N) is 4. The summed E-state index contributed by atoms with van der Waals surface area (Å²) < 4.78 is 12.0. The standard InChI is InChI=1S/C33H35ClN4O2/c1-24(2)22-33-36-32(23-38(33)28-8-14-31(15-9-28)40-30-12-6-26(34)7-13-30)25-4-10-29(11-5-25)39-21-20-37(3)27-16-18-35-19-17-27/h4-19,24,32H,20-23H2,1-3H3.